The first-order valence-electron chi connectivity index (χ1n) is 5.53. The predicted molar refractivity (Wildman–Crippen MR) is 71.5 cm³/mol. The lowest BCUT2D eigenvalue weighted by Crippen LogP contribution is -2.05. The second-order valence-corrected chi connectivity index (χ2v) is 3.71. The van der Waals surface area contributed by atoms with Gasteiger partial charge in [-0.05, 0) is 30.7 Å². The van der Waals surface area contributed by atoms with Gasteiger partial charge < -0.3 is 4.74 Å². The van der Waals surface area contributed by atoms with Crippen molar-refractivity contribution in [3.8, 4) is 17.9 Å². The SMILES string of the molecule is C=CC(=O)Oc1ccc(C=C(C#N)C#N)c(C(C)=O)c1. The Labute approximate surface area is 116 Å². The van der Waals surface area contributed by atoms with E-state index in [2.05, 4.69) is 6.58 Å². The number of nitrogens with zero attached hydrogens (tertiary/aromatic N) is 2. The molecule has 0 amide bonds. The number of allylic oxidation sites excluding steroid dienone is 1. The highest BCUT2D eigenvalue weighted by Crippen LogP contribution is 2.21. The quantitative estimate of drug-likeness (QED) is 0.274. The molecule has 0 saturated heterocycles. The number of esters is 1. The lowest BCUT2D eigenvalue weighted by atomic mass is 10.0. The van der Waals surface area contributed by atoms with E-state index in [1.54, 1.807) is 12.1 Å². The first-order valence-corrected chi connectivity index (χ1v) is 5.53. The Kier molecular flexibility index (Phi) is 4.96. The molecule has 0 N–H and O–H groups in total. The van der Waals surface area contributed by atoms with E-state index in [-0.39, 0.29) is 22.7 Å². The summed E-state index contributed by atoms with van der Waals surface area (Å²) in [6.45, 7) is 4.61. The number of carbonyl (C=O) groups excluding carboxylic acids is 2. The molecule has 0 saturated carbocycles. The van der Waals surface area contributed by atoms with Gasteiger partial charge in [0, 0.05) is 11.6 Å². The van der Waals surface area contributed by atoms with Crippen molar-refractivity contribution in [1.29, 1.82) is 10.5 Å². The fourth-order valence-electron chi connectivity index (χ4n) is 1.43. The Morgan fingerprint density at radius 1 is 1.30 bits per heavy atom. The van der Waals surface area contributed by atoms with E-state index in [9.17, 15) is 9.59 Å². The van der Waals surface area contributed by atoms with Gasteiger partial charge in [0.2, 0.25) is 0 Å². The van der Waals surface area contributed by atoms with Gasteiger partial charge in [0.1, 0.15) is 23.5 Å². The summed E-state index contributed by atoms with van der Waals surface area (Å²) in [5.41, 5.74) is 0.541. The second kappa shape index (κ2) is 6.67. The zero-order valence-electron chi connectivity index (χ0n) is 10.7. The topological polar surface area (TPSA) is 90.9 Å². The molecule has 0 unspecified atom stereocenters. The number of hydrogen-bond acceptors (Lipinski definition) is 5. The van der Waals surface area contributed by atoms with Crippen molar-refractivity contribution < 1.29 is 14.3 Å². The fraction of sp³-hybridized carbons (Fsp3) is 0.0667. The fourth-order valence-corrected chi connectivity index (χ4v) is 1.43. The van der Waals surface area contributed by atoms with Gasteiger partial charge in [-0.2, -0.15) is 10.5 Å². The van der Waals surface area contributed by atoms with Crippen molar-refractivity contribution in [2.24, 2.45) is 0 Å². The van der Waals surface area contributed by atoms with Crippen LogP contribution in [0.1, 0.15) is 22.8 Å². The zero-order valence-corrected chi connectivity index (χ0v) is 10.7. The number of rotatable bonds is 4. The van der Waals surface area contributed by atoms with E-state index >= 15 is 0 Å². The van der Waals surface area contributed by atoms with Gasteiger partial charge in [-0.15, -0.1) is 0 Å². The Bertz CT molecular complexity index is 672. The highest BCUT2D eigenvalue weighted by molar-refractivity contribution is 5.98. The second-order valence-electron chi connectivity index (χ2n) is 3.71. The normalized spacial score (nSPS) is 8.75. The largest absolute Gasteiger partial charge is 0.423 e. The summed E-state index contributed by atoms with van der Waals surface area (Å²) in [7, 11) is 0. The molecule has 1 rings (SSSR count). The van der Waals surface area contributed by atoms with Crippen molar-refractivity contribution in [1.82, 2.24) is 0 Å². The van der Waals surface area contributed by atoms with Crippen LogP contribution < -0.4 is 4.74 Å². The molecule has 98 valence electrons. The molecular formula is C15H10N2O3. The Hall–Kier alpha value is -3.18. The molecule has 0 aliphatic rings. The van der Waals surface area contributed by atoms with Crippen LogP contribution in [0.2, 0.25) is 0 Å². The summed E-state index contributed by atoms with van der Waals surface area (Å²) in [5, 5.41) is 17.4. The maximum absolute atomic E-state index is 11.6. The van der Waals surface area contributed by atoms with Crippen LogP contribution in [0.25, 0.3) is 6.08 Å². The van der Waals surface area contributed by atoms with Gasteiger partial charge in [0.25, 0.3) is 0 Å². The molecule has 5 heteroatoms. The molecule has 0 fully saturated rings. The number of hydrogen-bond donors (Lipinski definition) is 0. The number of nitriles is 2. The molecule has 0 bridgehead atoms. The van der Waals surface area contributed by atoms with Gasteiger partial charge in [0.15, 0.2) is 5.78 Å². The zero-order chi connectivity index (χ0) is 15.1. The minimum absolute atomic E-state index is 0.122. The van der Waals surface area contributed by atoms with E-state index < -0.39 is 5.97 Å². The molecule has 0 heterocycles. The van der Waals surface area contributed by atoms with Crippen LogP contribution in [0, 0.1) is 22.7 Å². The van der Waals surface area contributed by atoms with Crippen molar-refractivity contribution in [3.05, 3.63) is 47.6 Å². The average molecular weight is 266 g/mol. The minimum Gasteiger partial charge on any atom is -0.423 e. The summed E-state index contributed by atoms with van der Waals surface area (Å²) < 4.78 is 4.91. The summed E-state index contributed by atoms with van der Waals surface area (Å²) in [6, 6.07) is 7.76. The van der Waals surface area contributed by atoms with Crippen LogP contribution in [-0.2, 0) is 4.79 Å². The Balaban J connectivity index is 3.29. The van der Waals surface area contributed by atoms with Gasteiger partial charge in [-0.25, -0.2) is 4.79 Å². The van der Waals surface area contributed by atoms with E-state index in [0.717, 1.165) is 6.08 Å². The van der Waals surface area contributed by atoms with Crippen molar-refractivity contribution >= 4 is 17.8 Å². The summed E-state index contributed by atoms with van der Waals surface area (Å²) >= 11 is 0. The van der Waals surface area contributed by atoms with Crippen LogP contribution in [0.15, 0.2) is 36.4 Å². The molecule has 1 aromatic carbocycles. The highest BCUT2D eigenvalue weighted by Gasteiger charge is 2.10. The Morgan fingerprint density at radius 2 is 1.95 bits per heavy atom. The third-order valence-corrected chi connectivity index (χ3v) is 2.33. The first kappa shape index (κ1) is 14.9. The molecule has 0 aromatic heterocycles. The number of ether oxygens (including phenoxy) is 1. The third-order valence-electron chi connectivity index (χ3n) is 2.33. The minimum atomic E-state index is -0.641. The Morgan fingerprint density at radius 3 is 2.45 bits per heavy atom. The molecule has 20 heavy (non-hydrogen) atoms. The monoisotopic (exact) mass is 266 g/mol. The number of Topliss-reactive ketones (excluding diaryl/α,β-unsaturated/α-hetero) is 1. The van der Waals surface area contributed by atoms with Crippen LogP contribution in [0.4, 0.5) is 0 Å². The summed E-state index contributed by atoms with van der Waals surface area (Å²) in [5.74, 6) is -0.728. The van der Waals surface area contributed by atoms with Crippen LogP contribution in [0.3, 0.4) is 0 Å². The lowest BCUT2D eigenvalue weighted by Gasteiger charge is -2.06. The molecule has 0 spiro atoms. The summed E-state index contributed by atoms with van der Waals surface area (Å²) in [4.78, 5) is 22.7. The van der Waals surface area contributed by atoms with Gasteiger partial charge in [-0.3, -0.25) is 4.79 Å². The van der Waals surface area contributed by atoms with E-state index in [4.69, 9.17) is 15.3 Å². The molecule has 5 nitrogen and oxygen atoms in total. The van der Waals surface area contributed by atoms with E-state index in [1.165, 1.54) is 31.2 Å². The molecule has 0 aliphatic carbocycles. The van der Waals surface area contributed by atoms with Crippen molar-refractivity contribution in [3.63, 3.8) is 0 Å². The highest BCUT2D eigenvalue weighted by atomic mass is 16.5. The molecule has 1 aromatic rings. The van der Waals surface area contributed by atoms with Gasteiger partial charge in [0.05, 0.1) is 0 Å². The van der Waals surface area contributed by atoms with Crippen molar-refractivity contribution in [2.45, 2.75) is 6.92 Å². The van der Waals surface area contributed by atoms with Gasteiger partial charge in [-0.1, -0.05) is 12.6 Å². The maximum atomic E-state index is 11.6. The molecule has 0 aliphatic heterocycles. The van der Waals surface area contributed by atoms with Crippen LogP contribution in [0.5, 0.6) is 5.75 Å². The van der Waals surface area contributed by atoms with Crippen LogP contribution >= 0.6 is 0 Å². The summed E-state index contributed by atoms with van der Waals surface area (Å²) in [6.07, 6.45) is 2.31. The standard InChI is InChI=1S/C15H10N2O3/c1-3-15(19)20-13-5-4-12(6-11(8-16)9-17)14(7-13)10(2)18/h3-7H,1H2,2H3. The average Bonchev–Trinajstić information content (AvgIpc) is 2.45. The molecule has 0 atom stereocenters. The third kappa shape index (κ3) is 3.66. The molecule has 0 radical (unpaired) electrons. The van der Waals surface area contributed by atoms with E-state index in [1.807, 2.05) is 0 Å². The van der Waals surface area contributed by atoms with Crippen LogP contribution in [-0.4, -0.2) is 11.8 Å². The number of carbonyl (C=O) groups is 2. The van der Waals surface area contributed by atoms with E-state index in [0.29, 0.717) is 5.56 Å². The van der Waals surface area contributed by atoms with Crippen molar-refractivity contribution in [2.75, 3.05) is 0 Å². The number of ketones is 1. The predicted octanol–water partition coefficient (Wildman–Crippen LogP) is 2.41. The maximum Gasteiger partial charge on any atom is 0.335 e. The smallest absolute Gasteiger partial charge is 0.335 e. The lowest BCUT2D eigenvalue weighted by molar-refractivity contribution is -0.128. The number of benzene rings is 1. The first-order chi connectivity index (χ1) is 9.51. The van der Waals surface area contributed by atoms with Gasteiger partial charge >= 0.3 is 5.97 Å². The molecular weight excluding hydrogens is 256 g/mol.